The monoisotopic (exact) mass is 170 g/mol. The summed E-state index contributed by atoms with van der Waals surface area (Å²) in [6.07, 6.45) is 0. The van der Waals surface area contributed by atoms with Crippen LogP contribution in [0.5, 0.6) is 0 Å². The molecule has 0 aromatic rings. The summed E-state index contributed by atoms with van der Waals surface area (Å²) in [5.74, 6) is -0.0482. The van der Waals surface area contributed by atoms with Crippen LogP contribution in [0.1, 0.15) is 20.8 Å². The Kier molecular flexibility index (Phi) is 2.08. The minimum atomic E-state index is -0.835. The van der Waals surface area contributed by atoms with Gasteiger partial charge in [-0.25, -0.2) is 4.79 Å². The molecule has 4 nitrogen and oxygen atoms in total. The number of rotatable bonds is 1. The Balaban J connectivity index is 2.61. The van der Waals surface area contributed by atoms with Crippen molar-refractivity contribution in [2.45, 2.75) is 26.8 Å². The van der Waals surface area contributed by atoms with Crippen molar-refractivity contribution in [3.8, 4) is 0 Å². The predicted molar refractivity (Wildman–Crippen MR) is 46.3 cm³/mol. The average Bonchev–Trinajstić information content (AvgIpc) is 2.30. The Labute approximate surface area is 71.7 Å². The van der Waals surface area contributed by atoms with Crippen LogP contribution in [-0.4, -0.2) is 29.5 Å². The van der Waals surface area contributed by atoms with Gasteiger partial charge in [-0.15, -0.1) is 0 Å². The van der Waals surface area contributed by atoms with Crippen molar-refractivity contribution in [3.05, 3.63) is 0 Å². The summed E-state index contributed by atoms with van der Waals surface area (Å²) in [5, 5.41) is 11.5. The fraction of sp³-hybridized carbons (Fsp3) is 0.750. The molecule has 0 saturated heterocycles. The Morgan fingerprint density at radius 3 is 2.50 bits per heavy atom. The highest BCUT2D eigenvalue weighted by Crippen LogP contribution is 2.17. The molecule has 4 heteroatoms. The van der Waals surface area contributed by atoms with E-state index in [0.29, 0.717) is 6.54 Å². The van der Waals surface area contributed by atoms with Crippen LogP contribution in [0.2, 0.25) is 0 Å². The summed E-state index contributed by atoms with van der Waals surface area (Å²) in [6, 6.07) is -0.528. The molecule has 1 heterocycles. The van der Waals surface area contributed by atoms with Crippen LogP contribution in [-0.2, 0) is 4.79 Å². The summed E-state index contributed by atoms with van der Waals surface area (Å²) in [6.45, 7) is 6.36. The fourth-order valence-corrected chi connectivity index (χ4v) is 1.03. The second-order valence-corrected chi connectivity index (χ2v) is 3.97. The molecular formula is C8H14N2O2. The van der Waals surface area contributed by atoms with Crippen LogP contribution < -0.4 is 5.32 Å². The molecule has 1 rings (SSSR count). The van der Waals surface area contributed by atoms with E-state index in [1.165, 1.54) is 0 Å². The highest BCUT2D eigenvalue weighted by Gasteiger charge is 2.29. The zero-order chi connectivity index (χ0) is 9.35. The average molecular weight is 170 g/mol. The number of carboxylic acids is 1. The van der Waals surface area contributed by atoms with Gasteiger partial charge >= 0.3 is 5.97 Å². The van der Waals surface area contributed by atoms with Gasteiger partial charge in [0.15, 0.2) is 0 Å². The molecular weight excluding hydrogens is 156 g/mol. The van der Waals surface area contributed by atoms with Crippen molar-refractivity contribution in [2.24, 2.45) is 10.4 Å². The van der Waals surface area contributed by atoms with Crippen LogP contribution in [0.4, 0.5) is 0 Å². The second-order valence-electron chi connectivity index (χ2n) is 3.97. The lowest BCUT2D eigenvalue weighted by molar-refractivity contribution is -0.138. The van der Waals surface area contributed by atoms with E-state index >= 15 is 0 Å². The third-order valence-corrected chi connectivity index (χ3v) is 1.75. The standard InChI is InChI=1S/C8H14N2O2/c1-8(2,3)7-9-4-5(10-7)6(11)12/h5H,4H2,1-3H3,(H,9,10)(H,11,12). The first-order chi connectivity index (χ1) is 5.41. The highest BCUT2D eigenvalue weighted by molar-refractivity contribution is 5.93. The van der Waals surface area contributed by atoms with Crippen LogP contribution in [0.3, 0.4) is 0 Å². The van der Waals surface area contributed by atoms with Gasteiger partial charge in [-0.1, -0.05) is 20.8 Å². The second kappa shape index (κ2) is 2.77. The number of carbonyl (C=O) groups is 1. The molecule has 0 bridgehead atoms. The van der Waals surface area contributed by atoms with E-state index in [-0.39, 0.29) is 5.41 Å². The van der Waals surface area contributed by atoms with E-state index < -0.39 is 12.0 Å². The number of amidine groups is 1. The first kappa shape index (κ1) is 9.03. The van der Waals surface area contributed by atoms with Crippen molar-refractivity contribution in [3.63, 3.8) is 0 Å². The first-order valence-corrected chi connectivity index (χ1v) is 3.95. The lowest BCUT2D eigenvalue weighted by Crippen LogP contribution is -2.41. The van der Waals surface area contributed by atoms with Crippen LogP contribution >= 0.6 is 0 Å². The molecule has 68 valence electrons. The molecule has 0 amide bonds. The van der Waals surface area contributed by atoms with E-state index in [0.717, 1.165) is 5.84 Å². The minimum absolute atomic E-state index is 0.0792. The molecule has 0 saturated carbocycles. The molecule has 1 atom stereocenters. The smallest absolute Gasteiger partial charge is 0.328 e. The van der Waals surface area contributed by atoms with Gasteiger partial charge in [-0.2, -0.15) is 0 Å². The van der Waals surface area contributed by atoms with Gasteiger partial charge < -0.3 is 10.4 Å². The zero-order valence-corrected chi connectivity index (χ0v) is 7.59. The molecule has 0 radical (unpaired) electrons. The Morgan fingerprint density at radius 2 is 2.25 bits per heavy atom. The zero-order valence-electron chi connectivity index (χ0n) is 7.59. The molecule has 0 spiro atoms. The SMILES string of the molecule is CC(C)(C)C1=NCC(C(=O)O)N1. The topological polar surface area (TPSA) is 61.7 Å². The fourth-order valence-electron chi connectivity index (χ4n) is 1.03. The number of aliphatic imine (C=N–C) groups is 1. The van der Waals surface area contributed by atoms with Gasteiger partial charge in [0, 0.05) is 5.41 Å². The van der Waals surface area contributed by atoms with Crippen molar-refractivity contribution in [2.75, 3.05) is 6.54 Å². The molecule has 0 fully saturated rings. The van der Waals surface area contributed by atoms with Gasteiger partial charge in [0.05, 0.1) is 6.54 Å². The van der Waals surface area contributed by atoms with Crippen LogP contribution in [0.25, 0.3) is 0 Å². The maximum Gasteiger partial charge on any atom is 0.328 e. The molecule has 1 aliphatic rings. The number of hydrogen-bond donors (Lipinski definition) is 2. The number of aliphatic carboxylic acids is 1. The largest absolute Gasteiger partial charge is 0.480 e. The summed E-state index contributed by atoms with van der Waals surface area (Å²) in [7, 11) is 0. The molecule has 12 heavy (non-hydrogen) atoms. The third kappa shape index (κ3) is 1.75. The Bertz CT molecular complexity index is 228. The number of nitrogens with one attached hydrogen (secondary N) is 1. The highest BCUT2D eigenvalue weighted by atomic mass is 16.4. The molecule has 2 N–H and O–H groups in total. The lowest BCUT2D eigenvalue weighted by atomic mass is 9.95. The first-order valence-electron chi connectivity index (χ1n) is 3.95. The Morgan fingerprint density at radius 1 is 1.67 bits per heavy atom. The van der Waals surface area contributed by atoms with E-state index in [9.17, 15) is 4.79 Å². The van der Waals surface area contributed by atoms with Crippen molar-refractivity contribution >= 4 is 11.8 Å². The quantitative estimate of drug-likeness (QED) is 0.602. The summed E-state index contributed by atoms with van der Waals surface area (Å²) < 4.78 is 0. The minimum Gasteiger partial charge on any atom is -0.480 e. The summed E-state index contributed by atoms with van der Waals surface area (Å²) in [4.78, 5) is 14.7. The Hall–Kier alpha value is -1.06. The van der Waals surface area contributed by atoms with Crippen LogP contribution in [0.15, 0.2) is 4.99 Å². The van der Waals surface area contributed by atoms with Crippen LogP contribution in [0, 0.1) is 5.41 Å². The number of nitrogens with zero attached hydrogens (tertiary/aromatic N) is 1. The van der Waals surface area contributed by atoms with E-state index in [4.69, 9.17) is 5.11 Å². The summed E-state index contributed by atoms with van der Waals surface area (Å²) >= 11 is 0. The van der Waals surface area contributed by atoms with Crippen molar-refractivity contribution in [1.82, 2.24) is 5.32 Å². The van der Waals surface area contributed by atoms with Gasteiger partial charge in [-0.05, 0) is 0 Å². The molecule has 1 aliphatic heterocycles. The van der Waals surface area contributed by atoms with Gasteiger partial charge in [0.25, 0.3) is 0 Å². The lowest BCUT2D eigenvalue weighted by Gasteiger charge is -2.19. The molecule has 1 unspecified atom stereocenters. The molecule has 0 aromatic heterocycles. The van der Waals surface area contributed by atoms with E-state index in [1.54, 1.807) is 0 Å². The van der Waals surface area contributed by atoms with E-state index in [2.05, 4.69) is 10.3 Å². The van der Waals surface area contributed by atoms with E-state index in [1.807, 2.05) is 20.8 Å². The van der Waals surface area contributed by atoms with Crippen molar-refractivity contribution < 1.29 is 9.90 Å². The molecule has 0 aromatic carbocycles. The van der Waals surface area contributed by atoms with Gasteiger partial charge in [0.1, 0.15) is 11.9 Å². The summed E-state index contributed by atoms with van der Waals surface area (Å²) in [5.41, 5.74) is -0.0792. The van der Waals surface area contributed by atoms with Gasteiger partial charge in [-0.3, -0.25) is 4.99 Å². The van der Waals surface area contributed by atoms with Crippen molar-refractivity contribution in [1.29, 1.82) is 0 Å². The van der Waals surface area contributed by atoms with Gasteiger partial charge in [0.2, 0.25) is 0 Å². The maximum atomic E-state index is 10.5. The number of hydrogen-bond acceptors (Lipinski definition) is 3. The third-order valence-electron chi connectivity index (χ3n) is 1.75. The normalized spacial score (nSPS) is 23.2. The maximum absolute atomic E-state index is 10.5. The predicted octanol–water partition coefficient (Wildman–Crippen LogP) is 0.487. The molecule has 0 aliphatic carbocycles. The number of carboxylic acid groups (broad SMARTS) is 1.